The van der Waals surface area contributed by atoms with E-state index >= 15 is 0 Å². The molecule has 2 N–H and O–H groups in total. The highest BCUT2D eigenvalue weighted by atomic mass is 35.5. The maximum absolute atomic E-state index is 12.7. The van der Waals surface area contributed by atoms with Crippen LogP contribution in [0.5, 0.6) is 0 Å². The van der Waals surface area contributed by atoms with Gasteiger partial charge in [0.05, 0.1) is 10.7 Å². The number of nitrogens with two attached hydrogens (primary N) is 1. The van der Waals surface area contributed by atoms with Crippen molar-refractivity contribution >= 4 is 56.2 Å². The van der Waals surface area contributed by atoms with Crippen molar-refractivity contribution in [2.75, 3.05) is 5.73 Å². The van der Waals surface area contributed by atoms with Crippen molar-refractivity contribution in [1.29, 1.82) is 0 Å². The van der Waals surface area contributed by atoms with Crippen molar-refractivity contribution in [2.45, 2.75) is 6.92 Å². The molecule has 2 aromatic heterocycles. The summed E-state index contributed by atoms with van der Waals surface area (Å²) in [5.41, 5.74) is 7.98. The first kappa shape index (κ1) is 14.3. The van der Waals surface area contributed by atoms with Crippen LogP contribution in [0.15, 0.2) is 30.5 Å². The topological polar surface area (TPSA) is 56.0 Å². The Hall–Kier alpha value is -1.62. The number of aromatic nitrogens is 1. The monoisotopic (exact) mass is 336 g/mol. The predicted octanol–water partition coefficient (Wildman–Crippen LogP) is 4.72. The average Bonchev–Trinajstić information content (AvgIpc) is 2.77. The van der Waals surface area contributed by atoms with Gasteiger partial charge in [-0.05, 0) is 36.8 Å². The zero-order valence-electron chi connectivity index (χ0n) is 11.0. The molecule has 0 spiro atoms. The molecule has 0 saturated carbocycles. The highest BCUT2D eigenvalue weighted by Gasteiger charge is 2.21. The number of hydrogen-bond acceptors (Lipinski definition) is 4. The molecule has 6 heteroatoms. The molecule has 0 fully saturated rings. The summed E-state index contributed by atoms with van der Waals surface area (Å²) in [6, 6.07) is 6.66. The van der Waals surface area contributed by atoms with E-state index in [-0.39, 0.29) is 5.78 Å². The molecule has 0 aliphatic heterocycles. The number of nitrogens with zero attached hydrogens (tertiary/aromatic N) is 1. The number of halogens is 2. The second kappa shape index (κ2) is 5.30. The van der Waals surface area contributed by atoms with Crippen LogP contribution in [0.25, 0.3) is 10.2 Å². The number of pyridine rings is 1. The van der Waals surface area contributed by atoms with Gasteiger partial charge < -0.3 is 5.73 Å². The van der Waals surface area contributed by atoms with Crippen molar-refractivity contribution in [2.24, 2.45) is 0 Å². The van der Waals surface area contributed by atoms with E-state index in [9.17, 15) is 4.79 Å². The molecule has 0 atom stereocenters. The summed E-state index contributed by atoms with van der Waals surface area (Å²) in [7, 11) is 0. The van der Waals surface area contributed by atoms with E-state index in [2.05, 4.69) is 4.98 Å². The van der Waals surface area contributed by atoms with E-state index in [1.165, 1.54) is 11.3 Å². The van der Waals surface area contributed by atoms with E-state index in [1.807, 2.05) is 13.0 Å². The first-order chi connectivity index (χ1) is 9.99. The second-order valence-corrected chi connectivity index (χ2v) is 6.45. The Morgan fingerprint density at radius 1 is 1.29 bits per heavy atom. The van der Waals surface area contributed by atoms with Gasteiger partial charge in [-0.15, -0.1) is 11.3 Å². The minimum Gasteiger partial charge on any atom is -0.397 e. The molecule has 106 valence electrons. The molecule has 0 unspecified atom stereocenters. The summed E-state index contributed by atoms with van der Waals surface area (Å²) in [5.74, 6) is -0.212. The predicted molar refractivity (Wildman–Crippen MR) is 88.7 cm³/mol. The van der Waals surface area contributed by atoms with Crippen molar-refractivity contribution in [3.05, 3.63) is 56.5 Å². The molecule has 3 aromatic rings. The van der Waals surface area contributed by atoms with Crippen LogP contribution < -0.4 is 5.73 Å². The molecule has 0 aliphatic rings. The van der Waals surface area contributed by atoms with Crippen LogP contribution in [0, 0.1) is 6.92 Å². The number of anilines is 1. The van der Waals surface area contributed by atoms with E-state index in [1.54, 1.807) is 24.4 Å². The Kier molecular flexibility index (Phi) is 3.61. The molecule has 3 rings (SSSR count). The summed E-state index contributed by atoms with van der Waals surface area (Å²) >= 11 is 13.2. The molecule has 0 radical (unpaired) electrons. The summed E-state index contributed by atoms with van der Waals surface area (Å²) in [6.45, 7) is 1.94. The Labute approximate surface area is 135 Å². The number of carbonyl (C=O) groups is 1. The Morgan fingerprint density at radius 3 is 2.71 bits per heavy atom. The van der Waals surface area contributed by atoms with Gasteiger partial charge in [-0.2, -0.15) is 0 Å². The number of aryl methyl sites for hydroxylation is 1. The molecule has 2 heterocycles. The fraction of sp³-hybridized carbons (Fsp3) is 0.0667. The lowest BCUT2D eigenvalue weighted by molar-refractivity contribution is 0.104. The maximum atomic E-state index is 12.7. The number of rotatable bonds is 2. The van der Waals surface area contributed by atoms with Gasteiger partial charge in [0.15, 0.2) is 0 Å². The van der Waals surface area contributed by atoms with Gasteiger partial charge in [0, 0.05) is 22.2 Å². The normalized spacial score (nSPS) is 11.0. The minimum atomic E-state index is -0.212. The van der Waals surface area contributed by atoms with E-state index < -0.39 is 0 Å². The Balaban J connectivity index is 2.18. The molecule has 0 amide bonds. The lowest BCUT2D eigenvalue weighted by Gasteiger charge is -2.03. The third-order valence-electron chi connectivity index (χ3n) is 3.22. The highest BCUT2D eigenvalue weighted by molar-refractivity contribution is 7.21. The van der Waals surface area contributed by atoms with Crippen LogP contribution in [0.1, 0.15) is 20.8 Å². The third kappa shape index (κ3) is 2.39. The molecule has 0 saturated heterocycles. The van der Waals surface area contributed by atoms with Crippen LogP contribution in [0.4, 0.5) is 5.69 Å². The van der Waals surface area contributed by atoms with Gasteiger partial charge in [-0.1, -0.05) is 23.2 Å². The minimum absolute atomic E-state index is 0.212. The molecular weight excluding hydrogens is 327 g/mol. The summed E-state index contributed by atoms with van der Waals surface area (Å²) in [4.78, 5) is 18.1. The second-order valence-electron chi connectivity index (χ2n) is 4.61. The van der Waals surface area contributed by atoms with E-state index in [0.29, 0.717) is 26.2 Å². The molecule has 3 nitrogen and oxygen atoms in total. The standard InChI is InChI=1S/C15H10Cl2N2OS/c1-7-4-5-19-15-11(7)12(18)14(21-15)13(20)9-3-2-8(16)6-10(9)17/h2-6H,18H2,1H3. The molecule has 0 aliphatic carbocycles. The Bertz CT molecular complexity index is 873. The van der Waals surface area contributed by atoms with Gasteiger partial charge in [-0.3, -0.25) is 4.79 Å². The van der Waals surface area contributed by atoms with Crippen LogP contribution in [-0.4, -0.2) is 10.8 Å². The molecule has 1 aromatic carbocycles. The molecule has 0 bridgehead atoms. The first-order valence-electron chi connectivity index (χ1n) is 6.12. The highest BCUT2D eigenvalue weighted by Crippen LogP contribution is 2.36. The summed E-state index contributed by atoms with van der Waals surface area (Å²) in [5, 5.41) is 1.63. The molecule has 21 heavy (non-hydrogen) atoms. The number of nitrogen functional groups attached to an aromatic ring is 1. The average molecular weight is 337 g/mol. The van der Waals surface area contributed by atoms with Crippen molar-refractivity contribution in [3.63, 3.8) is 0 Å². The third-order valence-corrected chi connectivity index (χ3v) is 4.88. The summed E-state index contributed by atoms with van der Waals surface area (Å²) < 4.78 is 0. The molecular formula is C15H10Cl2N2OS. The van der Waals surface area contributed by atoms with Crippen LogP contribution >= 0.6 is 34.5 Å². The largest absolute Gasteiger partial charge is 0.397 e. The van der Waals surface area contributed by atoms with Gasteiger partial charge in [0.2, 0.25) is 5.78 Å². The van der Waals surface area contributed by atoms with Gasteiger partial charge in [0.1, 0.15) is 9.71 Å². The van der Waals surface area contributed by atoms with Crippen LogP contribution in [-0.2, 0) is 0 Å². The van der Waals surface area contributed by atoms with E-state index in [0.717, 1.165) is 15.8 Å². The van der Waals surface area contributed by atoms with Crippen molar-refractivity contribution in [3.8, 4) is 0 Å². The number of carbonyl (C=O) groups excluding carboxylic acids is 1. The number of ketones is 1. The smallest absolute Gasteiger partial charge is 0.206 e. The van der Waals surface area contributed by atoms with Crippen molar-refractivity contribution in [1.82, 2.24) is 4.98 Å². The number of thiophene rings is 1. The van der Waals surface area contributed by atoms with E-state index in [4.69, 9.17) is 28.9 Å². The van der Waals surface area contributed by atoms with Crippen LogP contribution in [0.2, 0.25) is 10.0 Å². The Morgan fingerprint density at radius 2 is 2.05 bits per heavy atom. The zero-order valence-corrected chi connectivity index (χ0v) is 13.3. The summed E-state index contributed by atoms with van der Waals surface area (Å²) in [6.07, 6.45) is 1.71. The lowest BCUT2D eigenvalue weighted by Crippen LogP contribution is -2.03. The van der Waals surface area contributed by atoms with Gasteiger partial charge in [-0.25, -0.2) is 4.98 Å². The number of hydrogen-bond donors (Lipinski definition) is 1. The number of benzene rings is 1. The maximum Gasteiger partial charge on any atom is 0.206 e. The lowest BCUT2D eigenvalue weighted by atomic mass is 10.1. The fourth-order valence-corrected chi connectivity index (χ4v) is 3.76. The zero-order chi connectivity index (χ0) is 15.1. The van der Waals surface area contributed by atoms with Crippen LogP contribution in [0.3, 0.4) is 0 Å². The fourth-order valence-electron chi connectivity index (χ4n) is 2.17. The SMILES string of the molecule is Cc1ccnc2sc(C(=O)c3ccc(Cl)cc3Cl)c(N)c12. The first-order valence-corrected chi connectivity index (χ1v) is 7.69. The van der Waals surface area contributed by atoms with Gasteiger partial charge in [0.25, 0.3) is 0 Å². The van der Waals surface area contributed by atoms with Gasteiger partial charge >= 0.3 is 0 Å². The number of fused-ring (bicyclic) bond motifs is 1. The quantitative estimate of drug-likeness (QED) is 0.688. The van der Waals surface area contributed by atoms with Crippen molar-refractivity contribution < 1.29 is 4.79 Å².